The molecule has 0 atom stereocenters. The fourth-order valence-corrected chi connectivity index (χ4v) is 4.42. The Hall–Kier alpha value is -2.15. The minimum absolute atomic E-state index is 0.0369. The molecule has 0 aliphatic rings. The maximum absolute atomic E-state index is 11.9. The van der Waals surface area contributed by atoms with Crippen molar-refractivity contribution in [2.24, 2.45) is 16.5 Å². The number of nitrogens with zero attached hydrogens (tertiary/aromatic N) is 2. The second-order valence-electron chi connectivity index (χ2n) is 5.35. The van der Waals surface area contributed by atoms with Crippen molar-refractivity contribution in [2.45, 2.75) is 18.7 Å². The molecule has 1 aromatic heterocycles. The Morgan fingerprint density at radius 2 is 2.04 bits per heavy atom. The van der Waals surface area contributed by atoms with Crippen molar-refractivity contribution in [3.63, 3.8) is 0 Å². The highest BCUT2D eigenvalue weighted by Crippen LogP contribution is 2.21. The molecule has 9 nitrogen and oxygen atoms in total. The summed E-state index contributed by atoms with van der Waals surface area (Å²) in [6.07, 6.45) is 0.293. The van der Waals surface area contributed by atoms with Gasteiger partial charge in [-0.25, -0.2) is 4.98 Å². The molecular formula is C15H21N7O2S3. The largest absolute Gasteiger partial charge is 0.370 e. The van der Waals surface area contributed by atoms with Gasteiger partial charge in [0.15, 0.2) is 5.96 Å². The molecule has 0 radical (unpaired) electrons. The van der Waals surface area contributed by atoms with Crippen LogP contribution in [0.2, 0.25) is 0 Å². The summed E-state index contributed by atoms with van der Waals surface area (Å²) in [4.78, 5) is 8.12. The highest BCUT2D eigenvalue weighted by Gasteiger charge is 2.11. The molecule has 0 spiro atoms. The maximum atomic E-state index is 11.9. The molecule has 0 aliphatic carbocycles. The van der Waals surface area contributed by atoms with Crippen LogP contribution in [0.15, 0.2) is 40.7 Å². The van der Waals surface area contributed by atoms with Gasteiger partial charge in [0.2, 0.25) is 5.13 Å². The van der Waals surface area contributed by atoms with Gasteiger partial charge in [-0.05, 0) is 5.56 Å². The van der Waals surface area contributed by atoms with Crippen LogP contribution in [0.25, 0.3) is 0 Å². The first kappa shape index (κ1) is 21.2. The monoisotopic (exact) mass is 427 g/mol. The lowest BCUT2D eigenvalue weighted by Gasteiger charge is -2.10. The van der Waals surface area contributed by atoms with E-state index < -0.39 is 10.2 Å². The molecular weight excluding hydrogens is 406 g/mol. The summed E-state index contributed by atoms with van der Waals surface area (Å²) in [6, 6.07) is 9.16. The molecule has 7 N–H and O–H groups in total. The molecule has 0 saturated carbocycles. The van der Waals surface area contributed by atoms with Crippen LogP contribution in [0.3, 0.4) is 0 Å². The van der Waals surface area contributed by atoms with Crippen molar-refractivity contribution in [3.05, 3.63) is 47.0 Å². The van der Waals surface area contributed by atoms with Gasteiger partial charge in [-0.2, -0.15) is 29.9 Å². The summed E-state index contributed by atoms with van der Waals surface area (Å²) < 4.78 is 28.5. The van der Waals surface area contributed by atoms with Crippen molar-refractivity contribution in [1.82, 2.24) is 14.4 Å². The Balaban J connectivity index is 1.67. The third-order valence-electron chi connectivity index (χ3n) is 3.08. The van der Waals surface area contributed by atoms with Gasteiger partial charge in [-0.1, -0.05) is 30.3 Å². The first-order chi connectivity index (χ1) is 12.8. The predicted molar refractivity (Wildman–Crippen MR) is 111 cm³/mol. The van der Waals surface area contributed by atoms with Gasteiger partial charge in [0.1, 0.15) is 5.84 Å². The first-order valence-electron chi connectivity index (χ1n) is 7.84. The number of thioether (sulfide) groups is 1. The molecule has 2 rings (SSSR count). The Morgan fingerprint density at radius 3 is 2.74 bits per heavy atom. The smallest absolute Gasteiger partial charge is 0.300 e. The van der Waals surface area contributed by atoms with Crippen molar-refractivity contribution in [1.29, 1.82) is 5.41 Å². The van der Waals surface area contributed by atoms with E-state index in [0.717, 1.165) is 11.3 Å². The third kappa shape index (κ3) is 8.39. The summed E-state index contributed by atoms with van der Waals surface area (Å²) in [5.41, 5.74) is 12.3. The number of hydrogen-bond acceptors (Lipinski definition) is 7. The highest BCUT2D eigenvalue weighted by molar-refractivity contribution is 7.98. The van der Waals surface area contributed by atoms with Crippen LogP contribution in [0.5, 0.6) is 0 Å². The Kier molecular flexibility index (Phi) is 8.03. The Labute approximate surface area is 166 Å². The minimum atomic E-state index is -3.76. The van der Waals surface area contributed by atoms with E-state index in [4.69, 9.17) is 16.9 Å². The van der Waals surface area contributed by atoms with Crippen molar-refractivity contribution >= 4 is 50.2 Å². The molecule has 0 aliphatic heterocycles. The van der Waals surface area contributed by atoms with Crippen molar-refractivity contribution in [3.8, 4) is 0 Å². The average molecular weight is 428 g/mol. The average Bonchev–Trinajstić information content (AvgIpc) is 3.04. The van der Waals surface area contributed by atoms with Gasteiger partial charge in [0.05, 0.1) is 5.69 Å². The number of rotatable bonds is 10. The molecule has 1 aromatic carbocycles. The SMILES string of the molecule is N=C(CCSCc1csc(N=C(N)N)n1)NS(=O)(=O)NCc1ccccc1. The van der Waals surface area contributed by atoms with Gasteiger partial charge >= 0.3 is 0 Å². The van der Waals surface area contributed by atoms with E-state index in [0.29, 0.717) is 23.1 Å². The summed E-state index contributed by atoms with van der Waals surface area (Å²) in [6.45, 7) is 0.167. The number of benzene rings is 1. The fraction of sp³-hybridized carbons (Fsp3) is 0.267. The molecule has 2 aromatic rings. The first-order valence-corrected chi connectivity index (χ1v) is 11.4. The molecule has 0 unspecified atom stereocenters. The normalized spacial score (nSPS) is 11.1. The lowest BCUT2D eigenvalue weighted by molar-refractivity contribution is 0.577. The Bertz CT molecular complexity index is 878. The zero-order chi connectivity index (χ0) is 19.7. The second kappa shape index (κ2) is 10.3. The van der Waals surface area contributed by atoms with Gasteiger partial charge in [0.25, 0.3) is 10.2 Å². The number of aliphatic imine (C=N–C) groups is 1. The zero-order valence-corrected chi connectivity index (χ0v) is 16.8. The van der Waals surface area contributed by atoms with Crippen LogP contribution < -0.4 is 20.9 Å². The summed E-state index contributed by atoms with van der Waals surface area (Å²) in [7, 11) is -3.76. The fourth-order valence-electron chi connectivity index (χ4n) is 1.90. The number of hydrogen-bond donors (Lipinski definition) is 5. The number of amidine groups is 1. The van der Waals surface area contributed by atoms with Gasteiger partial charge in [-0.3, -0.25) is 10.1 Å². The summed E-state index contributed by atoms with van der Waals surface area (Å²) in [5.74, 6) is 1.10. The summed E-state index contributed by atoms with van der Waals surface area (Å²) >= 11 is 2.88. The van der Waals surface area contributed by atoms with Gasteiger partial charge < -0.3 is 11.5 Å². The van der Waals surface area contributed by atoms with Crippen molar-refractivity contribution in [2.75, 3.05) is 5.75 Å². The van der Waals surface area contributed by atoms with Crippen LogP contribution >= 0.6 is 23.1 Å². The van der Waals surface area contributed by atoms with E-state index in [1.807, 2.05) is 35.7 Å². The molecule has 0 fully saturated rings. The van der Waals surface area contributed by atoms with Gasteiger partial charge in [0, 0.05) is 29.9 Å². The van der Waals surface area contributed by atoms with E-state index in [1.165, 1.54) is 11.3 Å². The van der Waals surface area contributed by atoms with Crippen LogP contribution in [-0.4, -0.2) is 30.9 Å². The predicted octanol–water partition coefficient (Wildman–Crippen LogP) is 1.27. The van der Waals surface area contributed by atoms with E-state index in [9.17, 15) is 8.42 Å². The lowest BCUT2D eigenvalue weighted by atomic mass is 10.2. The van der Waals surface area contributed by atoms with E-state index >= 15 is 0 Å². The molecule has 1 heterocycles. The molecule has 12 heteroatoms. The van der Waals surface area contributed by atoms with Crippen LogP contribution in [0.1, 0.15) is 17.7 Å². The van der Waals surface area contributed by atoms with Crippen LogP contribution in [-0.2, 0) is 22.5 Å². The van der Waals surface area contributed by atoms with Crippen LogP contribution in [0.4, 0.5) is 5.13 Å². The number of nitrogens with two attached hydrogens (primary N) is 2. The Morgan fingerprint density at radius 1 is 1.30 bits per heavy atom. The molecule has 0 amide bonds. The van der Waals surface area contributed by atoms with Crippen LogP contribution in [0, 0.1) is 5.41 Å². The molecule has 27 heavy (non-hydrogen) atoms. The second-order valence-corrected chi connectivity index (χ2v) is 8.79. The third-order valence-corrected chi connectivity index (χ3v) is 5.89. The molecule has 0 bridgehead atoms. The summed E-state index contributed by atoms with van der Waals surface area (Å²) in [5, 5.41) is 10.1. The minimum Gasteiger partial charge on any atom is -0.370 e. The van der Waals surface area contributed by atoms with Crippen molar-refractivity contribution < 1.29 is 8.42 Å². The zero-order valence-electron chi connectivity index (χ0n) is 14.4. The number of guanidine groups is 1. The number of thiazole rings is 1. The van der Waals surface area contributed by atoms with Gasteiger partial charge in [-0.15, -0.1) is 11.3 Å². The van der Waals surface area contributed by atoms with E-state index in [-0.39, 0.29) is 18.3 Å². The number of aromatic nitrogens is 1. The lowest BCUT2D eigenvalue weighted by Crippen LogP contribution is -2.39. The number of nitrogens with one attached hydrogen (secondary N) is 3. The molecule has 146 valence electrons. The highest BCUT2D eigenvalue weighted by atomic mass is 32.2. The quantitative estimate of drug-likeness (QED) is 0.218. The molecule has 0 saturated heterocycles. The standard InChI is InChI=1S/C15H21N7O2S3/c16-13(22-27(23,24)19-8-11-4-2-1-3-5-11)6-7-25-9-12-10-26-15(20-12)21-14(17)18/h1-5,10,19H,6-9H2,(H2,16,22)(H4,17,18,20,21). The van der Waals surface area contributed by atoms with E-state index in [1.54, 1.807) is 11.8 Å². The maximum Gasteiger partial charge on any atom is 0.300 e. The topological polar surface area (TPSA) is 159 Å². The van der Waals surface area contributed by atoms with E-state index in [2.05, 4.69) is 19.4 Å².